The van der Waals surface area contributed by atoms with Crippen molar-refractivity contribution in [2.45, 2.75) is 43.9 Å². The summed E-state index contributed by atoms with van der Waals surface area (Å²) in [7, 11) is 4.00. The van der Waals surface area contributed by atoms with Crippen molar-refractivity contribution >= 4 is 39.9 Å². The van der Waals surface area contributed by atoms with Crippen molar-refractivity contribution in [3.8, 4) is 0 Å². The normalized spacial score (nSPS) is 14.0. The number of rotatable bonds is 11. The Balaban J connectivity index is 1.79. The lowest BCUT2D eigenvalue weighted by molar-refractivity contribution is -0.118. The number of amides is 2. The predicted octanol–water partition coefficient (Wildman–Crippen LogP) is 4.96. The number of fused-ring (bicyclic) bond motifs is 1. The van der Waals surface area contributed by atoms with Crippen molar-refractivity contribution in [1.29, 1.82) is 0 Å². The van der Waals surface area contributed by atoms with Crippen LogP contribution in [0.25, 0.3) is 4.91 Å². The summed E-state index contributed by atoms with van der Waals surface area (Å²) in [5.41, 5.74) is 6.51. The molecule has 0 saturated carbocycles. The van der Waals surface area contributed by atoms with E-state index in [0.29, 0.717) is 18.4 Å². The Bertz CT molecular complexity index is 1090. The number of anilines is 2. The molecule has 0 saturated heterocycles. The van der Waals surface area contributed by atoms with E-state index in [1.807, 2.05) is 62.6 Å². The van der Waals surface area contributed by atoms with Crippen molar-refractivity contribution in [2.75, 3.05) is 31.3 Å². The average molecular weight is 494 g/mol. The molecule has 1 heterocycles. The number of nitrogens with one attached hydrogen (secondary N) is 3. The summed E-state index contributed by atoms with van der Waals surface area (Å²) in [6.45, 7) is 2.98. The molecule has 2 aromatic carbocycles. The second kappa shape index (κ2) is 13.1. The maximum atomic E-state index is 12.5. The molecule has 186 valence electrons. The molecule has 3 rings (SSSR count). The molecule has 0 spiro atoms. The van der Waals surface area contributed by atoms with Crippen LogP contribution >= 0.6 is 11.8 Å². The summed E-state index contributed by atoms with van der Waals surface area (Å²) in [4.78, 5) is 28.8. The Labute approximate surface area is 212 Å². The molecular weight excluding hydrogens is 458 g/mol. The Morgan fingerprint density at radius 2 is 1.77 bits per heavy atom. The number of nitrogens with zero attached hydrogens (tertiary/aromatic N) is 1. The van der Waals surface area contributed by atoms with E-state index >= 15 is 0 Å². The Morgan fingerprint density at radius 1 is 1.03 bits per heavy atom. The minimum atomic E-state index is -0.272. The van der Waals surface area contributed by atoms with Crippen molar-refractivity contribution in [3.63, 3.8) is 0 Å². The summed E-state index contributed by atoms with van der Waals surface area (Å²) in [5.74, 6) is 5.22. The van der Waals surface area contributed by atoms with Crippen LogP contribution in [0, 0.1) is 0 Å². The van der Waals surface area contributed by atoms with Crippen LogP contribution in [0.1, 0.15) is 44.6 Å². The largest absolute Gasteiger partial charge is 0.355 e. The van der Waals surface area contributed by atoms with E-state index in [4.69, 9.17) is 5.84 Å². The number of benzene rings is 2. The maximum Gasteiger partial charge on any atom is 0.263 e. The SMILES string of the molecule is CCCC/C(C(=O)NN)=C1\C=C(Sc2ccc(NC(=O)CCCN(C)C)cc2)c2ccccc2N1. The van der Waals surface area contributed by atoms with Gasteiger partial charge in [0.25, 0.3) is 5.91 Å². The van der Waals surface area contributed by atoms with Crippen LogP contribution in [0.2, 0.25) is 0 Å². The van der Waals surface area contributed by atoms with Gasteiger partial charge in [-0.1, -0.05) is 43.3 Å². The lowest BCUT2D eigenvalue weighted by Gasteiger charge is -2.23. The van der Waals surface area contributed by atoms with Gasteiger partial charge in [-0.15, -0.1) is 0 Å². The third-order valence-corrected chi connectivity index (χ3v) is 6.69. The monoisotopic (exact) mass is 493 g/mol. The fourth-order valence-electron chi connectivity index (χ4n) is 3.77. The highest BCUT2D eigenvalue weighted by Crippen LogP contribution is 2.42. The zero-order chi connectivity index (χ0) is 25.2. The first kappa shape index (κ1) is 26.5. The van der Waals surface area contributed by atoms with E-state index < -0.39 is 0 Å². The number of thioether (sulfide) groups is 1. The van der Waals surface area contributed by atoms with Crippen LogP contribution in [0.5, 0.6) is 0 Å². The zero-order valence-corrected chi connectivity index (χ0v) is 21.5. The van der Waals surface area contributed by atoms with Crippen LogP contribution in [0.3, 0.4) is 0 Å². The van der Waals surface area contributed by atoms with Gasteiger partial charge >= 0.3 is 0 Å². The average Bonchev–Trinajstić information content (AvgIpc) is 2.85. The van der Waals surface area contributed by atoms with Gasteiger partial charge in [-0.2, -0.15) is 0 Å². The van der Waals surface area contributed by atoms with Gasteiger partial charge < -0.3 is 15.5 Å². The molecule has 7 nitrogen and oxygen atoms in total. The maximum absolute atomic E-state index is 12.5. The first-order valence-electron chi connectivity index (χ1n) is 12.0. The molecule has 1 aliphatic rings. The third-order valence-electron chi connectivity index (χ3n) is 5.62. The minimum absolute atomic E-state index is 0.0230. The number of carbonyl (C=O) groups is 2. The van der Waals surface area contributed by atoms with Gasteiger partial charge in [0.15, 0.2) is 0 Å². The smallest absolute Gasteiger partial charge is 0.263 e. The topological polar surface area (TPSA) is 99.5 Å². The second-order valence-electron chi connectivity index (χ2n) is 8.73. The number of allylic oxidation sites excluding steroid dienone is 1. The first-order chi connectivity index (χ1) is 16.9. The summed E-state index contributed by atoms with van der Waals surface area (Å²) < 4.78 is 0. The Hall–Kier alpha value is -3.07. The highest BCUT2D eigenvalue weighted by atomic mass is 32.2. The summed E-state index contributed by atoms with van der Waals surface area (Å²) >= 11 is 1.62. The van der Waals surface area contributed by atoms with E-state index in [2.05, 4.69) is 33.9 Å². The molecule has 0 bridgehead atoms. The molecule has 0 unspecified atom stereocenters. The summed E-state index contributed by atoms with van der Waals surface area (Å²) in [6, 6.07) is 15.9. The Kier molecular flexibility index (Phi) is 9.96. The number of para-hydroxylation sites is 1. The molecule has 0 aromatic heterocycles. The Morgan fingerprint density at radius 3 is 2.46 bits per heavy atom. The fourth-order valence-corrected chi connectivity index (χ4v) is 4.76. The first-order valence-corrected chi connectivity index (χ1v) is 12.8. The number of carbonyl (C=O) groups excluding carboxylic acids is 2. The number of hydrazine groups is 1. The van der Waals surface area contributed by atoms with E-state index in [9.17, 15) is 9.59 Å². The van der Waals surface area contributed by atoms with Gasteiger partial charge in [0, 0.05) is 44.4 Å². The molecular formula is C27H35N5O2S. The minimum Gasteiger partial charge on any atom is -0.355 e. The highest BCUT2D eigenvalue weighted by Gasteiger charge is 2.21. The van der Waals surface area contributed by atoms with Crippen LogP contribution in [-0.4, -0.2) is 37.4 Å². The predicted molar refractivity (Wildman–Crippen MR) is 146 cm³/mol. The van der Waals surface area contributed by atoms with Crippen molar-refractivity contribution in [3.05, 3.63) is 71.4 Å². The van der Waals surface area contributed by atoms with E-state index in [0.717, 1.165) is 58.2 Å². The molecule has 0 aliphatic carbocycles. The molecule has 2 amide bonds. The summed E-state index contributed by atoms with van der Waals surface area (Å²) in [5, 5.41) is 6.38. The van der Waals surface area contributed by atoms with Crippen LogP contribution in [0.15, 0.2) is 70.8 Å². The van der Waals surface area contributed by atoms with Gasteiger partial charge in [0.1, 0.15) is 0 Å². The zero-order valence-electron chi connectivity index (χ0n) is 20.7. The van der Waals surface area contributed by atoms with Crippen LogP contribution in [-0.2, 0) is 9.59 Å². The van der Waals surface area contributed by atoms with Gasteiger partial charge in [0.05, 0.1) is 0 Å². The van der Waals surface area contributed by atoms with Crippen molar-refractivity contribution in [1.82, 2.24) is 10.3 Å². The molecule has 1 aliphatic heterocycles. The molecule has 2 aromatic rings. The standard InChI is InChI=1S/C27H35N5O2S/c1-4-5-9-22(27(34)31-28)24-18-25(21-10-6-7-11-23(21)30-24)35-20-15-13-19(14-16-20)29-26(33)12-8-17-32(2)3/h6-7,10-11,13-16,18,30H,4-5,8-9,12,17,28H2,1-3H3,(H,29,33)(H,31,34)/b24-22-. The van der Waals surface area contributed by atoms with E-state index in [-0.39, 0.29) is 11.8 Å². The number of hydrogen-bond donors (Lipinski definition) is 4. The van der Waals surface area contributed by atoms with E-state index in [1.54, 1.807) is 11.8 Å². The number of unbranched alkanes of at least 4 members (excludes halogenated alkanes) is 1. The highest BCUT2D eigenvalue weighted by molar-refractivity contribution is 8.08. The molecule has 5 N–H and O–H groups in total. The molecule has 0 fully saturated rings. The third kappa shape index (κ3) is 7.71. The van der Waals surface area contributed by atoms with Gasteiger partial charge in [-0.3, -0.25) is 15.0 Å². The van der Waals surface area contributed by atoms with Crippen molar-refractivity contribution in [2.24, 2.45) is 5.84 Å². The van der Waals surface area contributed by atoms with Crippen molar-refractivity contribution < 1.29 is 9.59 Å². The fraction of sp³-hybridized carbons (Fsp3) is 0.333. The summed E-state index contributed by atoms with van der Waals surface area (Å²) in [6.07, 6.45) is 5.86. The quantitative estimate of drug-likeness (QED) is 0.153. The van der Waals surface area contributed by atoms with Crippen LogP contribution in [0.4, 0.5) is 11.4 Å². The number of nitrogens with two attached hydrogens (primary N) is 1. The molecule has 0 radical (unpaired) electrons. The van der Waals surface area contributed by atoms with E-state index in [1.165, 1.54) is 0 Å². The molecule has 35 heavy (non-hydrogen) atoms. The molecule has 8 heteroatoms. The molecule has 0 atom stereocenters. The second-order valence-corrected chi connectivity index (χ2v) is 9.85. The van der Waals surface area contributed by atoms with Gasteiger partial charge in [-0.25, -0.2) is 5.84 Å². The van der Waals surface area contributed by atoms with Gasteiger partial charge in [-0.05, 0) is 76.3 Å². The van der Waals surface area contributed by atoms with Gasteiger partial charge in [0.2, 0.25) is 5.91 Å². The lowest BCUT2D eigenvalue weighted by Crippen LogP contribution is -2.32. The lowest BCUT2D eigenvalue weighted by atomic mass is 10.0. The number of hydrogen-bond acceptors (Lipinski definition) is 6. The van der Waals surface area contributed by atoms with Crippen LogP contribution < -0.4 is 21.9 Å².